The smallest absolute Gasteiger partial charge is 0.344 e. The van der Waals surface area contributed by atoms with Gasteiger partial charge in [-0.05, 0) is 35.0 Å². The summed E-state index contributed by atoms with van der Waals surface area (Å²) in [4.78, 5) is 23.7. The first kappa shape index (κ1) is 17.2. The Balaban J connectivity index is 1.50. The van der Waals surface area contributed by atoms with Gasteiger partial charge in [0.05, 0.1) is 0 Å². The van der Waals surface area contributed by atoms with Crippen LogP contribution in [0, 0.1) is 0 Å². The molecule has 0 saturated heterocycles. The van der Waals surface area contributed by atoms with E-state index in [0.29, 0.717) is 11.3 Å². The lowest BCUT2D eigenvalue weighted by molar-refractivity contribution is -0.144. The summed E-state index contributed by atoms with van der Waals surface area (Å²) in [6, 6.07) is 20.3. The van der Waals surface area contributed by atoms with Crippen LogP contribution in [0.5, 0.6) is 5.75 Å². The van der Waals surface area contributed by atoms with Crippen LogP contribution in [-0.4, -0.2) is 25.0 Å². The van der Waals surface area contributed by atoms with Crippen molar-refractivity contribution in [3.8, 4) is 5.75 Å². The molecule has 0 spiro atoms. The van der Waals surface area contributed by atoms with Crippen molar-refractivity contribution in [3.05, 3.63) is 76.8 Å². The summed E-state index contributed by atoms with van der Waals surface area (Å²) < 4.78 is 11.3. The van der Waals surface area contributed by atoms with Crippen molar-refractivity contribution in [2.45, 2.75) is 0 Å². The van der Waals surface area contributed by atoms with Gasteiger partial charge in [0, 0.05) is 10.0 Å². The number of hydrogen-bond acceptors (Lipinski definition) is 4. The summed E-state index contributed by atoms with van der Waals surface area (Å²) in [6.07, 6.45) is 0. The van der Waals surface area contributed by atoms with Crippen LogP contribution in [-0.2, 0) is 9.53 Å². The monoisotopic (exact) mass is 398 g/mol. The van der Waals surface area contributed by atoms with Crippen LogP contribution in [0.3, 0.4) is 0 Å². The largest absolute Gasteiger partial charge is 0.482 e. The highest BCUT2D eigenvalue weighted by Crippen LogP contribution is 2.20. The second-order valence-corrected chi connectivity index (χ2v) is 6.30. The van der Waals surface area contributed by atoms with Crippen LogP contribution < -0.4 is 4.74 Å². The average Bonchev–Trinajstić information content (AvgIpc) is 2.65. The molecule has 3 aromatic rings. The number of esters is 1. The summed E-state index contributed by atoms with van der Waals surface area (Å²) in [5.41, 5.74) is 0.492. The summed E-state index contributed by atoms with van der Waals surface area (Å²) in [6.45, 7) is -0.548. The van der Waals surface area contributed by atoms with Crippen molar-refractivity contribution >= 4 is 38.5 Å². The number of rotatable bonds is 6. The second-order valence-electron chi connectivity index (χ2n) is 5.39. The Labute approximate surface area is 153 Å². The molecule has 0 N–H and O–H groups in total. The molecule has 0 bridgehead atoms. The fraction of sp³-hybridized carbons (Fsp3) is 0.100. The van der Waals surface area contributed by atoms with Crippen LogP contribution in [0.2, 0.25) is 0 Å². The van der Waals surface area contributed by atoms with Gasteiger partial charge in [-0.15, -0.1) is 0 Å². The summed E-state index contributed by atoms with van der Waals surface area (Å²) in [7, 11) is 0. The van der Waals surface area contributed by atoms with Gasteiger partial charge in [-0.25, -0.2) is 4.79 Å². The number of hydrogen-bond donors (Lipinski definition) is 0. The van der Waals surface area contributed by atoms with Gasteiger partial charge >= 0.3 is 5.97 Å². The SMILES string of the molecule is O=C(COc1ccc2ccccc2c1)OCC(=O)c1ccc(Br)cc1. The van der Waals surface area contributed by atoms with E-state index >= 15 is 0 Å². The van der Waals surface area contributed by atoms with E-state index in [-0.39, 0.29) is 19.0 Å². The predicted molar refractivity (Wildman–Crippen MR) is 98.9 cm³/mol. The molecule has 0 aromatic heterocycles. The first-order chi connectivity index (χ1) is 12.1. The first-order valence-corrected chi connectivity index (χ1v) is 8.47. The number of ketones is 1. The van der Waals surface area contributed by atoms with Gasteiger partial charge < -0.3 is 9.47 Å². The van der Waals surface area contributed by atoms with E-state index in [9.17, 15) is 9.59 Å². The number of benzene rings is 3. The Morgan fingerprint density at radius 2 is 1.56 bits per heavy atom. The summed E-state index contributed by atoms with van der Waals surface area (Å²) in [5, 5.41) is 2.12. The molecule has 3 rings (SSSR count). The molecule has 4 nitrogen and oxygen atoms in total. The maximum atomic E-state index is 11.9. The Morgan fingerprint density at radius 1 is 0.840 bits per heavy atom. The molecule has 0 atom stereocenters. The number of ether oxygens (including phenoxy) is 2. The molecule has 25 heavy (non-hydrogen) atoms. The third-order valence-electron chi connectivity index (χ3n) is 3.61. The van der Waals surface area contributed by atoms with Gasteiger partial charge in [0.2, 0.25) is 0 Å². The number of halogens is 1. The molecule has 0 unspecified atom stereocenters. The Bertz CT molecular complexity index is 903. The highest BCUT2D eigenvalue weighted by Gasteiger charge is 2.10. The molecule has 0 heterocycles. The van der Waals surface area contributed by atoms with Crippen molar-refractivity contribution in [2.75, 3.05) is 13.2 Å². The molecule has 126 valence electrons. The number of carbonyl (C=O) groups excluding carboxylic acids is 2. The fourth-order valence-corrected chi connectivity index (χ4v) is 2.57. The van der Waals surface area contributed by atoms with Crippen LogP contribution in [0.15, 0.2) is 71.2 Å². The predicted octanol–water partition coefficient (Wildman–Crippen LogP) is 4.41. The minimum atomic E-state index is -0.585. The van der Waals surface area contributed by atoms with Crippen molar-refractivity contribution < 1.29 is 19.1 Å². The minimum absolute atomic E-state index is 0.244. The van der Waals surface area contributed by atoms with Crippen LogP contribution in [0.25, 0.3) is 10.8 Å². The lowest BCUT2D eigenvalue weighted by atomic mass is 10.1. The molecular formula is C20H15BrO4. The van der Waals surface area contributed by atoms with Gasteiger partial charge in [0.1, 0.15) is 5.75 Å². The molecule has 0 saturated carbocycles. The fourth-order valence-electron chi connectivity index (χ4n) is 2.31. The molecule has 5 heteroatoms. The lowest BCUT2D eigenvalue weighted by Crippen LogP contribution is -2.19. The highest BCUT2D eigenvalue weighted by molar-refractivity contribution is 9.10. The Morgan fingerprint density at radius 3 is 2.32 bits per heavy atom. The summed E-state index contributed by atoms with van der Waals surface area (Å²) in [5.74, 6) is -0.264. The van der Waals surface area contributed by atoms with E-state index in [0.717, 1.165) is 15.2 Å². The molecule has 0 amide bonds. The van der Waals surface area contributed by atoms with Crippen molar-refractivity contribution in [3.63, 3.8) is 0 Å². The quantitative estimate of drug-likeness (QED) is 0.455. The summed E-state index contributed by atoms with van der Waals surface area (Å²) >= 11 is 3.30. The van der Waals surface area contributed by atoms with Gasteiger partial charge in [-0.3, -0.25) is 4.79 Å². The third-order valence-corrected chi connectivity index (χ3v) is 4.14. The van der Waals surface area contributed by atoms with Crippen LogP contribution in [0.4, 0.5) is 0 Å². The van der Waals surface area contributed by atoms with E-state index in [4.69, 9.17) is 9.47 Å². The van der Waals surface area contributed by atoms with Crippen molar-refractivity contribution in [2.24, 2.45) is 0 Å². The molecule has 0 radical (unpaired) electrons. The van der Waals surface area contributed by atoms with Gasteiger partial charge in [0.25, 0.3) is 0 Å². The van der Waals surface area contributed by atoms with Gasteiger partial charge in [-0.1, -0.05) is 58.4 Å². The molecule has 3 aromatic carbocycles. The van der Waals surface area contributed by atoms with E-state index in [1.807, 2.05) is 36.4 Å². The number of fused-ring (bicyclic) bond motifs is 1. The van der Waals surface area contributed by atoms with E-state index < -0.39 is 5.97 Å². The van der Waals surface area contributed by atoms with Crippen LogP contribution >= 0.6 is 15.9 Å². The van der Waals surface area contributed by atoms with E-state index in [2.05, 4.69) is 15.9 Å². The maximum Gasteiger partial charge on any atom is 0.344 e. The normalized spacial score (nSPS) is 10.4. The lowest BCUT2D eigenvalue weighted by Gasteiger charge is -2.08. The van der Waals surface area contributed by atoms with Crippen molar-refractivity contribution in [1.82, 2.24) is 0 Å². The Kier molecular flexibility index (Phi) is 5.46. The van der Waals surface area contributed by atoms with Gasteiger partial charge in [0.15, 0.2) is 19.0 Å². The van der Waals surface area contributed by atoms with Crippen molar-refractivity contribution in [1.29, 1.82) is 0 Å². The third kappa shape index (κ3) is 4.67. The van der Waals surface area contributed by atoms with Gasteiger partial charge in [-0.2, -0.15) is 0 Å². The molecule has 0 aliphatic carbocycles. The average molecular weight is 399 g/mol. The molecule has 0 fully saturated rings. The molecular weight excluding hydrogens is 384 g/mol. The minimum Gasteiger partial charge on any atom is -0.482 e. The zero-order chi connectivity index (χ0) is 17.6. The second kappa shape index (κ2) is 7.94. The highest BCUT2D eigenvalue weighted by atomic mass is 79.9. The van der Waals surface area contributed by atoms with Crippen LogP contribution in [0.1, 0.15) is 10.4 Å². The first-order valence-electron chi connectivity index (χ1n) is 7.68. The zero-order valence-corrected chi connectivity index (χ0v) is 14.9. The standard InChI is InChI=1S/C20H15BrO4/c21-17-8-5-15(6-9-17)19(22)12-25-20(23)13-24-18-10-7-14-3-1-2-4-16(14)11-18/h1-11H,12-13H2. The number of carbonyl (C=O) groups is 2. The molecule has 0 aliphatic rings. The topological polar surface area (TPSA) is 52.6 Å². The Hall–Kier alpha value is -2.66. The van der Waals surface area contributed by atoms with E-state index in [1.165, 1.54) is 0 Å². The molecule has 0 aliphatic heterocycles. The zero-order valence-electron chi connectivity index (χ0n) is 13.3. The van der Waals surface area contributed by atoms with E-state index in [1.54, 1.807) is 30.3 Å². The maximum absolute atomic E-state index is 11.9. The number of Topliss-reactive ketones (excluding diaryl/α,β-unsaturated/α-hetero) is 1.